The third kappa shape index (κ3) is 3.44. The molecule has 1 amide bonds. The minimum Gasteiger partial charge on any atom is -0.326 e. The Morgan fingerprint density at radius 3 is 2.58 bits per heavy atom. The SMILES string of the molecule is CCC(C)c1ccc(NC(=O)C2C=CC(N)C2)cc1. The number of carbonyl (C=O) groups is 1. The molecule has 3 atom stereocenters. The van der Waals surface area contributed by atoms with Gasteiger partial charge in [0.15, 0.2) is 0 Å². The number of rotatable bonds is 4. The molecule has 0 radical (unpaired) electrons. The van der Waals surface area contributed by atoms with E-state index in [2.05, 4.69) is 31.3 Å². The van der Waals surface area contributed by atoms with Crippen molar-refractivity contribution < 1.29 is 4.79 Å². The minimum atomic E-state index is -0.0933. The van der Waals surface area contributed by atoms with Crippen LogP contribution in [0.5, 0.6) is 0 Å². The molecule has 0 saturated carbocycles. The van der Waals surface area contributed by atoms with Crippen molar-refractivity contribution in [3.05, 3.63) is 42.0 Å². The predicted octanol–water partition coefficient (Wildman–Crippen LogP) is 3.04. The van der Waals surface area contributed by atoms with Crippen molar-refractivity contribution in [2.24, 2.45) is 11.7 Å². The normalized spacial score (nSPS) is 23.3. The maximum Gasteiger partial charge on any atom is 0.231 e. The zero-order chi connectivity index (χ0) is 13.8. The number of benzene rings is 1. The van der Waals surface area contributed by atoms with Crippen molar-refractivity contribution in [2.45, 2.75) is 38.6 Å². The highest BCUT2D eigenvalue weighted by atomic mass is 16.1. The molecule has 0 heterocycles. The minimum absolute atomic E-state index is 0.0172. The van der Waals surface area contributed by atoms with Crippen LogP contribution in [-0.2, 0) is 4.79 Å². The van der Waals surface area contributed by atoms with Gasteiger partial charge in [-0.15, -0.1) is 0 Å². The molecular weight excluding hydrogens is 236 g/mol. The van der Waals surface area contributed by atoms with Crippen molar-refractivity contribution in [3.8, 4) is 0 Å². The first-order valence-corrected chi connectivity index (χ1v) is 6.95. The summed E-state index contributed by atoms with van der Waals surface area (Å²) in [4.78, 5) is 12.0. The Kier molecular flexibility index (Phi) is 4.38. The summed E-state index contributed by atoms with van der Waals surface area (Å²) in [5.41, 5.74) is 7.92. The van der Waals surface area contributed by atoms with E-state index in [1.54, 1.807) is 0 Å². The molecular formula is C16H22N2O. The van der Waals surface area contributed by atoms with Crippen LogP contribution < -0.4 is 11.1 Å². The number of amides is 1. The second-order valence-electron chi connectivity index (χ2n) is 5.31. The molecule has 3 heteroatoms. The highest BCUT2D eigenvalue weighted by molar-refractivity contribution is 5.94. The molecule has 3 N–H and O–H groups in total. The van der Waals surface area contributed by atoms with Gasteiger partial charge in [0.25, 0.3) is 0 Å². The summed E-state index contributed by atoms with van der Waals surface area (Å²) < 4.78 is 0. The van der Waals surface area contributed by atoms with Crippen LogP contribution in [-0.4, -0.2) is 11.9 Å². The van der Waals surface area contributed by atoms with Crippen molar-refractivity contribution in [3.63, 3.8) is 0 Å². The lowest BCUT2D eigenvalue weighted by Crippen LogP contribution is -2.23. The van der Waals surface area contributed by atoms with E-state index < -0.39 is 0 Å². The first kappa shape index (κ1) is 13.8. The maximum atomic E-state index is 12.0. The van der Waals surface area contributed by atoms with Gasteiger partial charge in [-0.25, -0.2) is 0 Å². The average molecular weight is 258 g/mol. The van der Waals surface area contributed by atoms with E-state index >= 15 is 0 Å². The molecule has 3 nitrogen and oxygen atoms in total. The lowest BCUT2D eigenvalue weighted by Gasteiger charge is -2.12. The second kappa shape index (κ2) is 6.02. The zero-order valence-corrected chi connectivity index (χ0v) is 11.6. The van der Waals surface area contributed by atoms with Gasteiger partial charge in [-0.05, 0) is 36.5 Å². The third-order valence-electron chi connectivity index (χ3n) is 3.81. The number of nitrogens with two attached hydrogens (primary N) is 1. The van der Waals surface area contributed by atoms with Gasteiger partial charge in [-0.3, -0.25) is 4.79 Å². The first-order chi connectivity index (χ1) is 9.10. The Labute approximate surface area is 114 Å². The van der Waals surface area contributed by atoms with Gasteiger partial charge >= 0.3 is 0 Å². The lowest BCUT2D eigenvalue weighted by atomic mass is 9.98. The quantitative estimate of drug-likeness (QED) is 0.816. The van der Waals surface area contributed by atoms with Crippen LogP contribution in [0.2, 0.25) is 0 Å². The topological polar surface area (TPSA) is 55.1 Å². The molecule has 0 bridgehead atoms. The van der Waals surface area contributed by atoms with Gasteiger partial charge in [0.1, 0.15) is 0 Å². The molecule has 2 rings (SSSR count). The van der Waals surface area contributed by atoms with E-state index in [0.717, 1.165) is 12.1 Å². The molecule has 102 valence electrons. The summed E-state index contributed by atoms with van der Waals surface area (Å²) >= 11 is 0. The largest absolute Gasteiger partial charge is 0.326 e. The van der Waals surface area contributed by atoms with E-state index in [9.17, 15) is 4.79 Å². The van der Waals surface area contributed by atoms with Gasteiger partial charge in [0.05, 0.1) is 5.92 Å². The Hall–Kier alpha value is -1.61. The van der Waals surface area contributed by atoms with E-state index in [0.29, 0.717) is 12.3 Å². The average Bonchev–Trinajstić information content (AvgIpc) is 2.85. The summed E-state index contributed by atoms with van der Waals surface area (Å²) in [6.45, 7) is 4.38. The fraction of sp³-hybridized carbons (Fsp3) is 0.438. The summed E-state index contributed by atoms with van der Waals surface area (Å²) in [5.74, 6) is 0.491. The Morgan fingerprint density at radius 2 is 2.05 bits per heavy atom. The van der Waals surface area contributed by atoms with E-state index in [4.69, 9.17) is 5.73 Å². The van der Waals surface area contributed by atoms with Gasteiger partial charge in [-0.2, -0.15) is 0 Å². The van der Waals surface area contributed by atoms with E-state index in [1.165, 1.54) is 5.56 Å². The molecule has 1 aromatic rings. The van der Waals surface area contributed by atoms with E-state index in [-0.39, 0.29) is 17.9 Å². The predicted molar refractivity (Wildman–Crippen MR) is 79.0 cm³/mol. The van der Waals surface area contributed by atoms with E-state index in [1.807, 2.05) is 24.3 Å². The Morgan fingerprint density at radius 1 is 1.37 bits per heavy atom. The van der Waals surface area contributed by atoms with Crippen molar-refractivity contribution in [1.29, 1.82) is 0 Å². The van der Waals surface area contributed by atoms with Crippen molar-refractivity contribution in [2.75, 3.05) is 5.32 Å². The molecule has 0 saturated heterocycles. The van der Waals surface area contributed by atoms with Crippen molar-refractivity contribution >= 4 is 11.6 Å². The lowest BCUT2D eigenvalue weighted by molar-refractivity contribution is -0.118. The standard InChI is InChI=1S/C16H22N2O/c1-3-11(2)12-5-8-15(9-6-12)18-16(19)13-4-7-14(17)10-13/h4-9,11,13-14H,3,10,17H2,1-2H3,(H,18,19). The van der Waals surface area contributed by atoms with Crippen LogP contribution in [0.15, 0.2) is 36.4 Å². The third-order valence-corrected chi connectivity index (χ3v) is 3.81. The maximum absolute atomic E-state index is 12.0. The van der Waals surface area contributed by atoms with Crippen LogP contribution in [0.1, 0.15) is 38.2 Å². The molecule has 3 unspecified atom stereocenters. The summed E-state index contributed by atoms with van der Waals surface area (Å²) in [5, 5.41) is 2.94. The number of nitrogens with one attached hydrogen (secondary N) is 1. The van der Waals surface area contributed by atoms with Crippen molar-refractivity contribution in [1.82, 2.24) is 0 Å². The number of hydrogen-bond donors (Lipinski definition) is 2. The number of hydrogen-bond acceptors (Lipinski definition) is 2. The molecule has 0 spiro atoms. The number of carbonyl (C=O) groups excluding carboxylic acids is 1. The van der Waals surface area contributed by atoms with Gasteiger partial charge < -0.3 is 11.1 Å². The fourth-order valence-corrected chi connectivity index (χ4v) is 2.29. The van der Waals surface area contributed by atoms with Crippen LogP contribution in [0.4, 0.5) is 5.69 Å². The molecule has 0 fully saturated rings. The molecule has 1 aliphatic carbocycles. The van der Waals surface area contributed by atoms with Gasteiger partial charge in [0, 0.05) is 11.7 Å². The van der Waals surface area contributed by atoms with Gasteiger partial charge in [-0.1, -0.05) is 38.1 Å². The highest BCUT2D eigenvalue weighted by Gasteiger charge is 2.22. The van der Waals surface area contributed by atoms with Crippen LogP contribution in [0.25, 0.3) is 0 Å². The monoisotopic (exact) mass is 258 g/mol. The Balaban J connectivity index is 1.96. The second-order valence-corrected chi connectivity index (χ2v) is 5.31. The molecule has 19 heavy (non-hydrogen) atoms. The zero-order valence-electron chi connectivity index (χ0n) is 11.6. The van der Waals surface area contributed by atoms with Crippen LogP contribution in [0.3, 0.4) is 0 Å². The fourth-order valence-electron chi connectivity index (χ4n) is 2.29. The van der Waals surface area contributed by atoms with Gasteiger partial charge in [0.2, 0.25) is 5.91 Å². The number of anilines is 1. The summed E-state index contributed by atoms with van der Waals surface area (Å²) in [6, 6.07) is 8.12. The van der Waals surface area contributed by atoms with Crippen LogP contribution in [0, 0.1) is 5.92 Å². The molecule has 0 aromatic heterocycles. The summed E-state index contributed by atoms with van der Waals surface area (Å²) in [6.07, 6.45) is 5.62. The molecule has 0 aliphatic heterocycles. The summed E-state index contributed by atoms with van der Waals surface area (Å²) in [7, 11) is 0. The smallest absolute Gasteiger partial charge is 0.231 e. The molecule has 1 aromatic carbocycles. The first-order valence-electron chi connectivity index (χ1n) is 6.95. The molecule has 1 aliphatic rings. The highest BCUT2D eigenvalue weighted by Crippen LogP contribution is 2.22. The Bertz CT molecular complexity index is 464. The van der Waals surface area contributed by atoms with Crippen LogP contribution >= 0.6 is 0 Å².